The Hall–Kier alpha value is -1.63. The fourth-order valence-electron chi connectivity index (χ4n) is 2.89. The van der Waals surface area contributed by atoms with Crippen molar-refractivity contribution in [3.8, 4) is 0 Å². The monoisotopic (exact) mass is 254 g/mol. The largest absolute Gasteiger partial charge is 0.295 e. The number of hydrogen-bond acceptors (Lipinski definition) is 1. The van der Waals surface area contributed by atoms with E-state index in [1.54, 1.807) is 0 Å². The number of Topliss-reactive ketones (excluding diaryl/α,β-unsaturated/α-hetero) is 1. The second kappa shape index (κ2) is 6.01. The van der Waals surface area contributed by atoms with Crippen molar-refractivity contribution in [1.29, 1.82) is 0 Å². The number of rotatable bonds is 3. The van der Waals surface area contributed by atoms with Crippen LogP contribution in [0.3, 0.4) is 0 Å². The molecule has 0 aliphatic heterocycles. The number of aryl methyl sites for hydroxylation is 2. The summed E-state index contributed by atoms with van der Waals surface area (Å²) < 4.78 is 0. The van der Waals surface area contributed by atoms with Gasteiger partial charge in [-0.15, -0.1) is 6.58 Å². The van der Waals surface area contributed by atoms with Gasteiger partial charge in [-0.2, -0.15) is 0 Å². The molecule has 0 unspecified atom stereocenters. The molecule has 0 aromatic heterocycles. The SMILES string of the molecule is C=CC[C@H]1CCCC(=O)/C1=C/c1c(C)cccc1C. The summed E-state index contributed by atoms with van der Waals surface area (Å²) >= 11 is 0. The Morgan fingerprint density at radius 1 is 1.32 bits per heavy atom. The molecule has 1 atom stereocenters. The van der Waals surface area contributed by atoms with Crippen LogP contribution in [0.2, 0.25) is 0 Å². The van der Waals surface area contributed by atoms with Crippen LogP contribution in [-0.4, -0.2) is 5.78 Å². The van der Waals surface area contributed by atoms with Gasteiger partial charge in [-0.1, -0.05) is 24.3 Å². The maximum Gasteiger partial charge on any atom is 0.159 e. The Kier molecular flexibility index (Phi) is 4.36. The minimum absolute atomic E-state index is 0.320. The van der Waals surface area contributed by atoms with Crippen molar-refractivity contribution in [3.05, 3.63) is 53.1 Å². The van der Waals surface area contributed by atoms with Gasteiger partial charge in [0.15, 0.2) is 5.78 Å². The molecule has 1 fully saturated rings. The van der Waals surface area contributed by atoms with E-state index in [4.69, 9.17) is 0 Å². The zero-order chi connectivity index (χ0) is 13.8. The maximum atomic E-state index is 12.2. The van der Waals surface area contributed by atoms with E-state index in [9.17, 15) is 4.79 Å². The van der Waals surface area contributed by atoms with E-state index in [0.29, 0.717) is 18.1 Å². The van der Waals surface area contributed by atoms with E-state index in [-0.39, 0.29) is 0 Å². The molecule has 1 aliphatic rings. The van der Waals surface area contributed by atoms with Gasteiger partial charge >= 0.3 is 0 Å². The minimum Gasteiger partial charge on any atom is -0.295 e. The fourth-order valence-corrected chi connectivity index (χ4v) is 2.89. The Labute approximate surface area is 116 Å². The van der Waals surface area contributed by atoms with Crippen LogP contribution in [0, 0.1) is 19.8 Å². The normalized spacial score (nSPS) is 21.7. The first-order chi connectivity index (χ1) is 9.13. The van der Waals surface area contributed by atoms with E-state index in [0.717, 1.165) is 24.8 Å². The summed E-state index contributed by atoms with van der Waals surface area (Å²) in [6.45, 7) is 8.03. The third-order valence-corrected chi connectivity index (χ3v) is 4.01. The van der Waals surface area contributed by atoms with Crippen LogP contribution in [-0.2, 0) is 4.79 Å². The second-order valence-corrected chi connectivity index (χ2v) is 5.44. The van der Waals surface area contributed by atoms with Gasteiger partial charge in [0.25, 0.3) is 0 Å². The predicted octanol–water partition coefficient (Wildman–Crippen LogP) is 4.63. The molecule has 1 aliphatic carbocycles. The number of benzene rings is 1. The van der Waals surface area contributed by atoms with Gasteiger partial charge in [-0.25, -0.2) is 0 Å². The van der Waals surface area contributed by atoms with Crippen LogP contribution in [0.1, 0.15) is 42.4 Å². The summed E-state index contributed by atoms with van der Waals surface area (Å²) in [6.07, 6.45) is 7.78. The van der Waals surface area contributed by atoms with Gasteiger partial charge in [0.1, 0.15) is 0 Å². The molecule has 0 heterocycles. The lowest BCUT2D eigenvalue weighted by molar-refractivity contribution is -0.117. The lowest BCUT2D eigenvalue weighted by atomic mass is 9.80. The summed E-state index contributed by atoms with van der Waals surface area (Å²) in [5.74, 6) is 0.679. The number of ketones is 1. The third-order valence-electron chi connectivity index (χ3n) is 4.01. The van der Waals surface area contributed by atoms with Crippen LogP contribution in [0.15, 0.2) is 36.4 Å². The fraction of sp³-hybridized carbons (Fsp3) is 0.389. The summed E-state index contributed by atoms with van der Waals surface area (Å²) in [5.41, 5.74) is 4.69. The first-order valence-electron chi connectivity index (χ1n) is 7.05. The molecule has 1 nitrogen and oxygen atoms in total. The molecule has 100 valence electrons. The molecule has 1 aromatic rings. The summed E-state index contributed by atoms with van der Waals surface area (Å²) in [5, 5.41) is 0. The smallest absolute Gasteiger partial charge is 0.159 e. The van der Waals surface area contributed by atoms with Crippen molar-refractivity contribution < 1.29 is 4.79 Å². The van der Waals surface area contributed by atoms with Gasteiger partial charge in [0, 0.05) is 6.42 Å². The zero-order valence-corrected chi connectivity index (χ0v) is 11.9. The highest BCUT2D eigenvalue weighted by atomic mass is 16.1. The summed E-state index contributed by atoms with van der Waals surface area (Å²) in [7, 11) is 0. The van der Waals surface area contributed by atoms with E-state index in [1.165, 1.54) is 16.7 Å². The number of carbonyl (C=O) groups is 1. The molecule has 0 bridgehead atoms. The number of allylic oxidation sites excluding steroid dienone is 2. The van der Waals surface area contributed by atoms with Crippen LogP contribution in [0.5, 0.6) is 0 Å². The molecule has 1 aromatic carbocycles. The average Bonchev–Trinajstić information content (AvgIpc) is 2.37. The maximum absolute atomic E-state index is 12.2. The number of hydrogen-bond donors (Lipinski definition) is 0. The van der Waals surface area contributed by atoms with E-state index in [2.05, 4.69) is 44.7 Å². The molecular formula is C18H22O. The molecule has 19 heavy (non-hydrogen) atoms. The zero-order valence-electron chi connectivity index (χ0n) is 11.9. The summed E-state index contributed by atoms with van der Waals surface area (Å²) in [6, 6.07) is 6.28. The highest BCUT2D eigenvalue weighted by Crippen LogP contribution is 2.32. The molecule has 1 saturated carbocycles. The highest BCUT2D eigenvalue weighted by molar-refractivity contribution is 6.01. The van der Waals surface area contributed by atoms with Crippen molar-refractivity contribution in [2.75, 3.05) is 0 Å². The molecule has 1 heteroatoms. The number of carbonyl (C=O) groups excluding carboxylic acids is 1. The van der Waals surface area contributed by atoms with Crippen LogP contribution < -0.4 is 0 Å². The predicted molar refractivity (Wildman–Crippen MR) is 81.1 cm³/mol. The van der Waals surface area contributed by atoms with Gasteiger partial charge in [-0.3, -0.25) is 4.79 Å². The van der Waals surface area contributed by atoms with Gasteiger partial charge in [0.2, 0.25) is 0 Å². The van der Waals surface area contributed by atoms with Crippen molar-refractivity contribution in [2.45, 2.75) is 39.5 Å². The highest BCUT2D eigenvalue weighted by Gasteiger charge is 2.24. The van der Waals surface area contributed by atoms with Crippen LogP contribution >= 0.6 is 0 Å². The van der Waals surface area contributed by atoms with Crippen molar-refractivity contribution in [1.82, 2.24) is 0 Å². The van der Waals surface area contributed by atoms with Crippen LogP contribution in [0.4, 0.5) is 0 Å². The Morgan fingerprint density at radius 2 is 2.00 bits per heavy atom. The lowest BCUT2D eigenvalue weighted by Crippen LogP contribution is -2.18. The molecule has 0 N–H and O–H groups in total. The van der Waals surface area contributed by atoms with Gasteiger partial charge in [0.05, 0.1) is 0 Å². The molecule has 0 amide bonds. The molecule has 0 spiro atoms. The quantitative estimate of drug-likeness (QED) is 0.567. The summed E-state index contributed by atoms with van der Waals surface area (Å²) in [4.78, 5) is 12.2. The molecule has 2 rings (SSSR count). The Morgan fingerprint density at radius 3 is 2.63 bits per heavy atom. The standard InChI is InChI=1S/C18H22O/c1-4-7-15-10-6-11-18(19)17(15)12-16-13(2)8-5-9-14(16)3/h4-5,8-9,12,15H,1,6-7,10-11H2,2-3H3/b17-12+/t15-/m0/s1. The minimum atomic E-state index is 0.320. The molecule has 0 saturated heterocycles. The van der Waals surface area contributed by atoms with Crippen molar-refractivity contribution in [3.63, 3.8) is 0 Å². The van der Waals surface area contributed by atoms with Crippen molar-refractivity contribution in [2.24, 2.45) is 5.92 Å². The van der Waals surface area contributed by atoms with Crippen molar-refractivity contribution >= 4 is 11.9 Å². The lowest BCUT2D eigenvalue weighted by Gasteiger charge is -2.23. The molecule has 0 radical (unpaired) electrons. The average molecular weight is 254 g/mol. The first-order valence-corrected chi connectivity index (χ1v) is 7.05. The Balaban J connectivity index is 2.43. The van der Waals surface area contributed by atoms with Crippen LogP contribution in [0.25, 0.3) is 6.08 Å². The topological polar surface area (TPSA) is 17.1 Å². The van der Waals surface area contributed by atoms with Gasteiger partial charge in [-0.05, 0) is 67.4 Å². The van der Waals surface area contributed by atoms with E-state index in [1.807, 2.05) is 6.08 Å². The van der Waals surface area contributed by atoms with E-state index < -0.39 is 0 Å². The second-order valence-electron chi connectivity index (χ2n) is 5.44. The first kappa shape index (κ1) is 13.8. The van der Waals surface area contributed by atoms with Gasteiger partial charge < -0.3 is 0 Å². The molecular weight excluding hydrogens is 232 g/mol. The Bertz CT molecular complexity index is 502. The third kappa shape index (κ3) is 3.04. The van der Waals surface area contributed by atoms with E-state index >= 15 is 0 Å².